The topological polar surface area (TPSA) is 38.1 Å². The second-order valence-electron chi connectivity index (χ2n) is 3.06. The van der Waals surface area contributed by atoms with Crippen LogP contribution in [0, 0.1) is 5.82 Å². The number of oxazole rings is 1. The van der Waals surface area contributed by atoms with Gasteiger partial charge in [-0.15, -0.1) is 0 Å². The summed E-state index contributed by atoms with van der Waals surface area (Å²) in [6, 6.07) is 4.76. The van der Waals surface area contributed by atoms with E-state index in [-0.39, 0.29) is 5.82 Å². The van der Waals surface area contributed by atoms with E-state index in [1.807, 2.05) is 0 Å². The smallest absolute Gasteiger partial charge is 0.295 e. The Morgan fingerprint density at radius 3 is 3.14 bits per heavy atom. The van der Waals surface area contributed by atoms with Crippen molar-refractivity contribution in [3.05, 3.63) is 24.0 Å². The van der Waals surface area contributed by atoms with Crippen LogP contribution in [0.5, 0.6) is 0 Å². The van der Waals surface area contributed by atoms with Crippen molar-refractivity contribution in [2.24, 2.45) is 0 Å². The monoisotopic (exact) mass is 194 g/mol. The Morgan fingerprint density at radius 2 is 2.36 bits per heavy atom. The standard InChI is InChI=1S/C10H11FN2O/c1-2-5-12-10-13-8-4-3-7(11)6-9(8)14-10/h3-4,6H,2,5H2,1H3,(H,12,13). The molecule has 1 aromatic carbocycles. The van der Waals surface area contributed by atoms with Crippen molar-refractivity contribution in [2.75, 3.05) is 11.9 Å². The van der Waals surface area contributed by atoms with Crippen LogP contribution in [0.4, 0.5) is 10.4 Å². The van der Waals surface area contributed by atoms with Crippen LogP contribution in [0.25, 0.3) is 11.1 Å². The molecule has 0 aliphatic heterocycles. The predicted molar refractivity (Wildman–Crippen MR) is 52.7 cm³/mol. The van der Waals surface area contributed by atoms with E-state index in [0.717, 1.165) is 13.0 Å². The minimum atomic E-state index is -0.310. The van der Waals surface area contributed by atoms with Crippen LogP contribution in [0.1, 0.15) is 13.3 Å². The molecule has 0 fully saturated rings. The van der Waals surface area contributed by atoms with Gasteiger partial charge >= 0.3 is 0 Å². The molecule has 0 unspecified atom stereocenters. The van der Waals surface area contributed by atoms with E-state index in [4.69, 9.17) is 4.42 Å². The lowest BCUT2D eigenvalue weighted by atomic mass is 10.3. The summed E-state index contributed by atoms with van der Waals surface area (Å²) in [6.45, 7) is 2.85. The lowest BCUT2D eigenvalue weighted by Crippen LogP contribution is -1.98. The van der Waals surface area contributed by atoms with Crippen molar-refractivity contribution < 1.29 is 8.81 Å². The molecule has 0 saturated heterocycles. The zero-order valence-electron chi connectivity index (χ0n) is 7.88. The molecule has 0 radical (unpaired) electrons. The Hall–Kier alpha value is -1.58. The van der Waals surface area contributed by atoms with E-state index in [0.29, 0.717) is 17.1 Å². The minimum absolute atomic E-state index is 0.310. The Bertz CT molecular complexity index is 439. The molecule has 1 heterocycles. The molecule has 3 nitrogen and oxygen atoms in total. The maximum atomic E-state index is 12.8. The fourth-order valence-electron chi connectivity index (χ4n) is 1.21. The SMILES string of the molecule is CCCNc1nc2ccc(F)cc2o1. The first-order valence-corrected chi connectivity index (χ1v) is 4.59. The number of rotatable bonds is 3. The number of hydrogen-bond acceptors (Lipinski definition) is 3. The fourth-order valence-corrected chi connectivity index (χ4v) is 1.21. The van der Waals surface area contributed by atoms with Crippen molar-refractivity contribution >= 4 is 17.1 Å². The van der Waals surface area contributed by atoms with Gasteiger partial charge in [0, 0.05) is 12.6 Å². The molecular formula is C10H11FN2O. The van der Waals surface area contributed by atoms with Gasteiger partial charge in [-0.3, -0.25) is 0 Å². The zero-order valence-corrected chi connectivity index (χ0v) is 7.88. The molecule has 74 valence electrons. The highest BCUT2D eigenvalue weighted by Crippen LogP contribution is 2.19. The Labute approximate surface area is 80.9 Å². The average Bonchev–Trinajstić information content (AvgIpc) is 2.56. The summed E-state index contributed by atoms with van der Waals surface area (Å²) in [7, 11) is 0. The van der Waals surface area contributed by atoms with Gasteiger partial charge in [-0.2, -0.15) is 4.98 Å². The molecule has 14 heavy (non-hydrogen) atoms. The second kappa shape index (κ2) is 3.65. The van der Waals surface area contributed by atoms with Crippen LogP contribution < -0.4 is 5.32 Å². The van der Waals surface area contributed by atoms with Gasteiger partial charge in [0.05, 0.1) is 0 Å². The summed E-state index contributed by atoms with van der Waals surface area (Å²) < 4.78 is 18.1. The maximum Gasteiger partial charge on any atom is 0.295 e. The largest absolute Gasteiger partial charge is 0.423 e. The van der Waals surface area contributed by atoms with E-state index in [9.17, 15) is 4.39 Å². The first-order chi connectivity index (χ1) is 6.79. The Morgan fingerprint density at radius 1 is 1.50 bits per heavy atom. The number of fused-ring (bicyclic) bond motifs is 1. The molecule has 0 bridgehead atoms. The fraction of sp³-hybridized carbons (Fsp3) is 0.300. The number of halogens is 1. The van der Waals surface area contributed by atoms with Gasteiger partial charge in [0.15, 0.2) is 5.58 Å². The van der Waals surface area contributed by atoms with Crippen LogP contribution in [-0.4, -0.2) is 11.5 Å². The molecule has 0 spiro atoms. The molecule has 1 N–H and O–H groups in total. The van der Waals surface area contributed by atoms with Crippen molar-refractivity contribution in [2.45, 2.75) is 13.3 Å². The van der Waals surface area contributed by atoms with Crippen LogP contribution in [-0.2, 0) is 0 Å². The number of hydrogen-bond donors (Lipinski definition) is 1. The normalized spacial score (nSPS) is 10.7. The first-order valence-electron chi connectivity index (χ1n) is 4.59. The molecule has 2 rings (SSSR count). The number of benzene rings is 1. The van der Waals surface area contributed by atoms with Crippen molar-refractivity contribution in [3.8, 4) is 0 Å². The minimum Gasteiger partial charge on any atom is -0.423 e. The third-order valence-electron chi connectivity index (χ3n) is 1.88. The Kier molecular flexibility index (Phi) is 2.35. The average molecular weight is 194 g/mol. The van der Waals surface area contributed by atoms with Crippen LogP contribution >= 0.6 is 0 Å². The predicted octanol–water partition coefficient (Wildman–Crippen LogP) is 2.79. The van der Waals surface area contributed by atoms with E-state index < -0.39 is 0 Å². The molecule has 0 amide bonds. The zero-order chi connectivity index (χ0) is 9.97. The van der Waals surface area contributed by atoms with Crippen molar-refractivity contribution in [1.29, 1.82) is 0 Å². The number of aromatic nitrogens is 1. The van der Waals surface area contributed by atoms with Gasteiger partial charge in [0.25, 0.3) is 6.01 Å². The van der Waals surface area contributed by atoms with Crippen molar-refractivity contribution in [1.82, 2.24) is 4.98 Å². The summed E-state index contributed by atoms with van der Waals surface area (Å²) in [5, 5.41) is 3.00. The summed E-state index contributed by atoms with van der Waals surface area (Å²) in [4.78, 5) is 4.15. The molecule has 0 aliphatic carbocycles. The van der Waals surface area contributed by atoms with Crippen LogP contribution in [0.3, 0.4) is 0 Å². The van der Waals surface area contributed by atoms with Gasteiger partial charge in [-0.25, -0.2) is 4.39 Å². The van der Waals surface area contributed by atoms with Crippen LogP contribution in [0.2, 0.25) is 0 Å². The number of anilines is 1. The molecule has 0 atom stereocenters. The lowest BCUT2D eigenvalue weighted by Gasteiger charge is -1.94. The first kappa shape index (κ1) is 8.99. The highest BCUT2D eigenvalue weighted by Gasteiger charge is 2.04. The highest BCUT2D eigenvalue weighted by molar-refractivity contribution is 5.74. The van der Waals surface area contributed by atoms with E-state index in [1.165, 1.54) is 12.1 Å². The van der Waals surface area contributed by atoms with Gasteiger partial charge in [0.1, 0.15) is 11.3 Å². The third-order valence-corrected chi connectivity index (χ3v) is 1.88. The second-order valence-corrected chi connectivity index (χ2v) is 3.06. The molecule has 2 aromatic rings. The van der Waals surface area contributed by atoms with Gasteiger partial charge in [-0.1, -0.05) is 6.92 Å². The molecule has 1 aromatic heterocycles. The number of nitrogens with one attached hydrogen (secondary N) is 1. The molecule has 4 heteroatoms. The maximum absolute atomic E-state index is 12.8. The lowest BCUT2D eigenvalue weighted by molar-refractivity contribution is 0.599. The van der Waals surface area contributed by atoms with E-state index >= 15 is 0 Å². The third kappa shape index (κ3) is 1.69. The summed E-state index contributed by atoms with van der Waals surface area (Å²) in [5.41, 5.74) is 1.15. The molecular weight excluding hydrogens is 183 g/mol. The highest BCUT2D eigenvalue weighted by atomic mass is 19.1. The Balaban J connectivity index is 2.32. The quantitative estimate of drug-likeness (QED) is 0.816. The van der Waals surface area contributed by atoms with E-state index in [1.54, 1.807) is 6.07 Å². The van der Waals surface area contributed by atoms with Crippen molar-refractivity contribution in [3.63, 3.8) is 0 Å². The summed E-state index contributed by atoms with van der Waals surface area (Å²) in [6.07, 6.45) is 0.993. The summed E-state index contributed by atoms with van der Waals surface area (Å²) in [5.74, 6) is -0.310. The van der Waals surface area contributed by atoms with Gasteiger partial charge in [-0.05, 0) is 18.6 Å². The summed E-state index contributed by atoms with van der Waals surface area (Å²) >= 11 is 0. The van der Waals surface area contributed by atoms with E-state index in [2.05, 4.69) is 17.2 Å². The van der Waals surface area contributed by atoms with Crippen LogP contribution in [0.15, 0.2) is 22.6 Å². The molecule has 0 saturated carbocycles. The van der Waals surface area contributed by atoms with Gasteiger partial charge < -0.3 is 9.73 Å². The molecule has 0 aliphatic rings. The number of nitrogens with zero attached hydrogens (tertiary/aromatic N) is 1. The van der Waals surface area contributed by atoms with Gasteiger partial charge in [0.2, 0.25) is 0 Å².